The molecule has 5 heteroatoms. The second-order valence-corrected chi connectivity index (χ2v) is 6.08. The molecule has 2 rings (SSSR count). The summed E-state index contributed by atoms with van der Waals surface area (Å²) in [5.74, 6) is -0.0194. The van der Waals surface area contributed by atoms with Crippen LogP contribution in [0.1, 0.15) is 43.0 Å². The highest BCUT2D eigenvalue weighted by molar-refractivity contribution is 5.96. The van der Waals surface area contributed by atoms with Gasteiger partial charge in [0.25, 0.3) is 0 Å². The van der Waals surface area contributed by atoms with Gasteiger partial charge in [-0.25, -0.2) is 4.79 Å². The Hall–Kier alpha value is -1.88. The molecular weight excluding hydrogens is 280 g/mol. The zero-order valence-corrected chi connectivity index (χ0v) is 13.3. The number of benzene rings is 1. The lowest BCUT2D eigenvalue weighted by Crippen LogP contribution is -2.40. The zero-order valence-electron chi connectivity index (χ0n) is 13.3. The molecule has 0 unspecified atom stereocenters. The number of hydrogen-bond acceptors (Lipinski definition) is 3. The van der Waals surface area contributed by atoms with E-state index in [1.807, 2.05) is 0 Å². The number of carbonyl (C=O) groups excluding carboxylic acids is 2. The van der Waals surface area contributed by atoms with Crippen LogP contribution in [0.3, 0.4) is 0 Å². The van der Waals surface area contributed by atoms with Crippen LogP contribution in [-0.4, -0.2) is 32.1 Å². The van der Waals surface area contributed by atoms with Gasteiger partial charge in [0.15, 0.2) is 5.78 Å². The molecular formula is C17H24N2O3. The van der Waals surface area contributed by atoms with E-state index < -0.39 is 0 Å². The molecule has 0 atom stereocenters. The van der Waals surface area contributed by atoms with Crippen LogP contribution >= 0.6 is 0 Å². The quantitative estimate of drug-likeness (QED) is 0.793. The number of ether oxygens (including phenoxy) is 1. The normalized spacial score (nSPS) is 16.3. The van der Waals surface area contributed by atoms with Gasteiger partial charge in [-0.2, -0.15) is 0 Å². The summed E-state index contributed by atoms with van der Waals surface area (Å²) in [5, 5.41) is 5.71. The van der Waals surface area contributed by atoms with Crippen LogP contribution < -0.4 is 10.6 Å². The summed E-state index contributed by atoms with van der Waals surface area (Å²) in [6.45, 7) is 2.79. The lowest BCUT2D eigenvalue weighted by Gasteiger charge is -2.28. The van der Waals surface area contributed by atoms with Gasteiger partial charge in [0.1, 0.15) is 0 Å². The Kier molecular flexibility index (Phi) is 5.55. The van der Waals surface area contributed by atoms with E-state index in [4.69, 9.17) is 4.74 Å². The fourth-order valence-corrected chi connectivity index (χ4v) is 3.06. The SMILES string of the molecule is COCC1(CNC(=O)Nc2cccc(C(C)=O)c2)CCCC1. The van der Waals surface area contributed by atoms with Crippen molar-refractivity contribution < 1.29 is 14.3 Å². The Morgan fingerprint density at radius 3 is 2.64 bits per heavy atom. The molecule has 120 valence electrons. The fourth-order valence-electron chi connectivity index (χ4n) is 3.06. The molecule has 1 aromatic rings. The molecule has 5 nitrogen and oxygen atoms in total. The number of hydrogen-bond donors (Lipinski definition) is 2. The van der Waals surface area contributed by atoms with Gasteiger partial charge in [0.05, 0.1) is 6.61 Å². The molecule has 0 bridgehead atoms. The van der Waals surface area contributed by atoms with Gasteiger partial charge in [0.2, 0.25) is 0 Å². The van der Waals surface area contributed by atoms with E-state index in [0.29, 0.717) is 24.4 Å². The Bertz CT molecular complexity index is 536. The van der Waals surface area contributed by atoms with Gasteiger partial charge in [-0.05, 0) is 31.9 Å². The van der Waals surface area contributed by atoms with E-state index in [0.717, 1.165) is 12.8 Å². The molecule has 1 saturated carbocycles. The summed E-state index contributed by atoms with van der Waals surface area (Å²) in [7, 11) is 1.70. The van der Waals surface area contributed by atoms with Gasteiger partial charge in [-0.3, -0.25) is 4.79 Å². The Morgan fingerprint density at radius 1 is 1.27 bits per heavy atom. The van der Waals surface area contributed by atoms with Gasteiger partial charge in [-0.15, -0.1) is 0 Å². The van der Waals surface area contributed by atoms with E-state index in [-0.39, 0.29) is 17.2 Å². The predicted octanol–water partition coefficient (Wildman–Crippen LogP) is 3.22. The van der Waals surface area contributed by atoms with Crippen molar-refractivity contribution in [3.63, 3.8) is 0 Å². The number of carbonyl (C=O) groups is 2. The molecule has 0 spiro atoms. The average Bonchev–Trinajstić information content (AvgIpc) is 2.95. The molecule has 1 fully saturated rings. The highest BCUT2D eigenvalue weighted by Crippen LogP contribution is 2.37. The molecule has 0 saturated heterocycles. The third-order valence-corrected chi connectivity index (χ3v) is 4.27. The minimum absolute atomic E-state index is 0.0194. The lowest BCUT2D eigenvalue weighted by atomic mass is 9.87. The van der Waals surface area contributed by atoms with Crippen molar-refractivity contribution in [2.24, 2.45) is 5.41 Å². The molecule has 22 heavy (non-hydrogen) atoms. The molecule has 1 aromatic carbocycles. The number of amides is 2. The zero-order chi connectivity index (χ0) is 16.0. The van der Waals surface area contributed by atoms with Crippen LogP contribution in [0.2, 0.25) is 0 Å². The summed E-state index contributed by atoms with van der Waals surface area (Å²) in [4.78, 5) is 23.4. The van der Waals surface area contributed by atoms with Crippen molar-refractivity contribution in [2.45, 2.75) is 32.6 Å². The smallest absolute Gasteiger partial charge is 0.319 e. The molecule has 1 aliphatic rings. The summed E-state index contributed by atoms with van der Waals surface area (Å²) < 4.78 is 5.31. The van der Waals surface area contributed by atoms with Gasteiger partial charge in [0, 0.05) is 30.3 Å². The van der Waals surface area contributed by atoms with E-state index in [1.165, 1.54) is 19.8 Å². The standard InChI is InChI=1S/C17H24N2O3/c1-13(20)14-6-5-7-15(10-14)19-16(21)18-11-17(12-22-2)8-3-4-9-17/h5-7,10H,3-4,8-9,11-12H2,1-2H3,(H2,18,19,21). The highest BCUT2D eigenvalue weighted by Gasteiger charge is 2.34. The van der Waals surface area contributed by atoms with Crippen LogP contribution in [0.5, 0.6) is 0 Å². The fraction of sp³-hybridized carbons (Fsp3) is 0.529. The number of anilines is 1. The van der Waals surface area contributed by atoms with Crippen molar-refractivity contribution >= 4 is 17.5 Å². The van der Waals surface area contributed by atoms with Crippen LogP contribution in [0.25, 0.3) is 0 Å². The monoisotopic (exact) mass is 304 g/mol. The predicted molar refractivity (Wildman–Crippen MR) is 86.2 cm³/mol. The molecule has 2 N–H and O–H groups in total. The first kappa shape index (κ1) is 16.5. The summed E-state index contributed by atoms with van der Waals surface area (Å²) in [5.41, 5.74) is 1.27. The van der Waals surface area contributed by atoms with Crippen molar-refractivity contribution in [2.75, 3.05) is 25.6 Å². The first-order valence-corrected chi connectivity index (χ1v) is 7.69. The van der Waals surface area contributed by atoms with E-state index in [1.54, 1.807) is 31.4 Å². The van der Waals surface area contributed by atoms with Crippen molar-refractivity contribution in [3.05, 3.63) is 29.8 Å². The third-order valence-electron chi connectivity index (χ3n) is 4.27. The Labute approximate surface area is 131 Å². The third kappa shape index (κ3) is 4.31. The first-order chi connectivity index (χ1) is 10.5. The van der Waals surface area contributed by atoms with Crippen molar-refractivity contribution in [3.8, 4) is 0 Å². The molecule has 0 heterocycles. The second kappa shape index (κ2) is 7.40. The van der Waals surface area contributed by atoms with Crippen LogP contribution in [0, 0.1) is 5.41 Å². The minimum Gasteiger partial charge on any atom is -0.384 e. The number of rotatable bonds is 6. The largest absolute Gasteiger partial charge is 0.384 e. The second-order valence-electron chi connectivity index (χ2n) is 6.08. The van der Waals surface area contributed by atoms with Crippen molar-refractivity contribution in [1.82, 2.24) is 5.32 Å². The maximum atomic E-state index is 12.0. The maximum absolute atomic E-state index is 12.0. The number of ketones is 1. The number of nitrogens with one attached hydrogen (secondary N) is 2. The van der Waals surface area contributed by atoms with Gasteiger partial charge < -0.3 is 15.4 Å². The Balaban J connectivity index is 1.90. The van der Waals surface area contributed by atoms with Crippen LogP contribution in [0.4, 0.5) is 10.5 Å². The summed E-state index contributed by atoms with van der Waals surface area (Å²) >= 11 is 0. The average molecular weight is 304 g/mol. The molecule has 0 aromatic heterocycles. The van der Waals surface area contributed by atoms with Crippen molar-refractivity contribution in [1.29, 1.82) is 0 Å². The summed E-state index contributed by atoms with van der Waals surface area (Å²) in [6, 6.07) is 6.70. The number of Topliss-reactive ketones (excluding diaryl/α,β-unsaturated/α-hetero) is 1. The van der Waals surface area contributed by atoms with E-state index in [9.17, 15) is 9.59 Å². The van der Waals surface area contributed by atoms with E-state index >= 15 is 0 Å². The molecule has 2 amide bonds. The van der Waals surface area contributed by atoms with Crippen LogP contribution in [-0.2, 0) is 4.74 Å². The minimum atomic E-state index is -0.247. The highest BCUT2D eigenvalue weighted by atomic mass is 16.5. The topological polar surface area (TPSA) is 67.4 Å². The molecule has 1 aliphatic carbocycles. The first-order valence-electron chi connectivity index (χ1n) is 7.69. The maximum Gasteiger partial charge on any atom is 0.319 e. The molecule has 0 aliphatic heterocycles. The number of methoxy groups -OCH3 is 1. The summed E-state index contributed by atoms with van der Waals surface area (Å²) in [6.07, 6.45) is 4.54. The lowest BCUT2D eigenvalue weighted by molar-refractivity contribution is 0.0847. The van der Waals surface area contributed by atoms with Gasteiger partial charge >= 0.3 is 6.03 Å². The van der Waals surface area contributed by atoms with Crippen LogP contribution in [0.15, 0.2) is 24.3 Å². The van der Waals surface area contributed by atoms with E-state index in [2.05, 4.69) is 10.6 Å². The van der Waals surface area contributed by atoms with Gasteiger partial charge in [-0.1, -0.05) is 25.0 Å². The Morgan fingerprint density at radius 2 is 2.00 bits per heavy atom. The molecule has 0 radical (unpaired) electrons. The number of urea groups is 1.